The zero-order valence-electron chi connectivity index (χ0n) is 29.8. The van der Waals surface area contributed by atoms with Gasteiger partial charge in [0, 0.05) is 57.3 Å². The van der Waals surface area contributed by atoms with Crippen LogP contribution in [0.1, 0.15) is 64.8 Å². The van der Waals surface area contributed by atoms with E-state index in [4.69, 9.17) is 21.6 Å². The number of nitrogens with one attached hydrogen (secondary N) is 2. The van der Waals surface area contributed by atoms with Crippen LogP contribution in [-0.4, -0.2) is 103 Å². The van der Waals surface area contributed by atoms with Crippen molar-refractivity contribution in [1.82, 2.24) is 20.1 Å². The molecule has 54 heavy (non-hydrogen) atoms. The maximum atomic E-state index is 13.1. The van der Waals surface area contributed by atoms with E-state index in [1.807, 2.05) is 30.5 Å². The molecule has 1 atom stereocenters. The quantitative estimate of drug-likeness (QED) is 0.216. The summed E-state index contributed by atoms with van der Waals surface area (Å²) >= 11 is 6.21. The van der Waals surface area contributed by atoms with Crippen LogP contribution in [0.4, 0.5) is 17.2 Å². The van der Waals surface area contributed by atoms with Crippen molar-refractivity contribution in [1.29, 1.82) is 5.26 Å². The van der Waals surface area contributed by atoms with Gasteiger partial charge in [0.05, 0.1) is 40.2 Å². The first-order chi connectivity index (χ1) is 26.2. The van der Waals surface area contributed by atoms with Gasteiger partial charge in [-0.3, -0.25) is 39.1 Å². The van der Waals surface area contributed by atoms with Crippen molar-refractivity contribution < 1.29 is 28.7 Å². The summed E-state index contributed by atoms with van der Waals surface area (Å²) < 4.78 is 5.91. The van der Waals surface area contributed by atoms with Crippen LogP contribution >= 0.6 is 11.6 Å². The molecule has 2 aromatic carbocycles. The predicted molar refractivity (Wildman–Crippen MR) is 200 cm³/mol. The maximum absolute atomic E-state index is 13.1. The van der Waals surface area contributed by atoms with E-state index in [1.54, 1.807) is 24.3 Å². The fourth-order valence-electron chi connectivity index (χ4n) is 7.46. The second kappa shape index (κ2) is 16.2. The van der Waals surface area contributed by atoms with E-state index < -0.39 is 29.7 Å². The fourth-order valence-corrected chi connectivity index (χ4v) is 7.68. The zero-order valence-corrected chi connectivity index (χ0v) is 30.5. The topological polar surface area (TPSA) is 168 Å². The number of anilines is 3. The Morgan fingerprint density at radius 1 is 0.889 bits per heavy atom. The molecule has 5 amide bonds. The molecule has 4 aliphatic rings. The number of nitriles is 1. The number of hydrogen-bond donors (Lipinski definition) is 2. The van der Waals surface area contributed by atoms with Crippen LogP contribution in [0.3, 0.4) is 0 Å². The predicted octanol–water partition coefficient (Wildman–Crippen LogP) is 3.84. The Bertz CT molecular complexity index is 1990. The summed E-state index contributed by atoms with van der Waals surface area (Å²) in [7, 11) is 0. The highest BCUT2D eigenvalue weighted by molar-refractivity contribution is 6.32. The third-order valence-electron chi connectivity index (χ3n) is 10.6. The lowest BCUT2D eigenvalue weighted by atomic mass is 9.95. The van der Waals surface area contributed by atoms with Crippen molar-refractivity contribution in [3.05, 3.63) is 76.4 Å². The lowest BCUT2D eigenvalue weighted by Gasteiger charge is -2.36. The van der Waals surface area contributed by atoms with Crippen molar-refractivity contribution in [3.8, 4) is 11.8 Å². The molecule has 4 aliphatic heterocycles. The number of benzene rings is 2. The highest BCUT2D eigenvalue weighted by atomic mass is 35.5. The maximum Gasteiger partial charge on any atom is 0.262 e. The molecule has 3 aromatic rings. The number of amides is 5. The van der Waals surface area contributed by atoms with Crippen LogP contribution in [0, 0.1) is 17.2 Å². The summed E-state index contributed by atoms with van der Waals surface area (Å²) in [5.74, 6) is -1.23. The van der Waals surface area contributed by atoms with Crippen LogP contribution < -0.4 is 25.2 Å². The summed E-state index contributed by atoms with van der Waals surface area (Å²) in [6.45, 7) is 6.40. The van der Waals surface area contributed by atoms with E-state index in [2.05, 4.69) is 36.4 Å². The standard InChI is InChI=1S/C39H41ClN8O6/c40-32-21-27(4-3-26(32)23-41)46-14-11-25(12-15-46)36(50)43-34-9-5-28(24-42-34)47-18-16-45(17-19-47)13-1-2-20-54-29-6-7-30-31(22-29)39(53)48(38(30)52)33-8-10-35(49)44-37(33)51/h3-7,9,21-22,24-25,33H,1-2,8,10-20H2,(H,42,43,50)(H,44,49,51). The third-order valence-corrected chi connectivity index (χ3v) is 10.9. The smallest absolute Gasteiger partial charge is 0.262 e. The average molecular weight is 753 g/mol. The third kappa shape index (κ3) is 8.02. The Hall–Kier alpha value is -5.52. The SMILES string of the molecule is N#Cc1ccc(N2CCC(C(=O)Nc3ccc(N4CCN(CCCCOc5ccc6c(c5)C(=O)N(C5CCC(=O)NC5=O)C6=O)CC4)cn3)CC2)cc1Cl. The van der Waals surface area contributed by atoms with Gasteiger partial charge in [0.25, 0.3) is 11.8 Å². The van der Waals surface area contributed by atoms with E-state index in [0.717, 1.165) is 74.9 Å². The number of pyridine rings is 1. The first-order valence-corrected chi connectivity index (χ1v) is 18.7. The van der Waals surface area contributed by atoms with Gasteiger partial charge < -0.3 is 19.9 Å². The normalized spacial score (nSPS) is 19.4. The summed E-state index contributed by atoms with van der Waals surface area (Å²) in [4.78, 5) is 75.2. The van der Waals surface area contributed by atoms with Crippen molar-refractivity contribution in [2.45, 2.75) is 44.6 Å². The number of ether oxygens (including phenoxy) is 1. The minimum atomic E-state index is -0.997. The number of rotatable bonds is 11. The summed E-state index contributed by atoms with van der Waals surface area (Å²) in [6, 6.07) is 15.1. The number of imide groups is 2. The van der Waals surface area contributed by atoms with Gasteiger partial charge in [-0.15, -0.1) is 0 Å². The molecule has 7 rings (SSSR count). The van der Waals surface area contributed by atoms with E-state index >= 15 is 0 Å². The number of piperidine rings is 2. The molecule has 3 saturated heterocycles. The number of aromatic nitrogens is 1. The van der Waals surface area contributed by atoms with E-state index in [9.17, 15) is 24.0 Å². The molecule has 15 heteroatoms. The number of hydrogen-bond acceptors (Lipinski definition) is 11. The molecule has 280 valence electrons. The molecule has 0 aliphatic carbocycles. The van der Waals surface area contributed by atoms with Crippen LogP contribution in [0.2, 0.25) is 5.02 Å². The number of piperazine rings is 1. The summed E-state index contributed by atoms with van der Waals surface area (Å²) in [5.41, 5.74) is 2.86. The van der Waals surface area contributed by atoms with Crippen LogP contribution in [-0.2, 0) is 14.4 Å². The van der Waals surface area contributed by atoms with Gasteiger partial charge in [-0.25, -0.2) is 4.98 Å². The first-order valence-electron chi connectivity index (χ1n) is 18.4. The van der Waals surface area contributed by atoms with Gasteiger partial charge in [-0.1, -0.05) is 11.6 Å². The molecule has 3 fully saturated rings. The van der Waals surface area contributed by atoms with Gasteiger partial charge in [0.1, 0.15) is 23.7 Å². The van der Waals surface area contributed by atoms with Gasteiger partial charge in [-0.2, -0.15) is 5.26 Å². The Morgan fingerprint density at radius 3 is 2.33 bits per heavy atom. The average Bonchev–Trinajstić information content (AvgIpc) is 3.43. The van der Waals surface area contributed by atoms with E-state index in [0.29, 0.717) is 41.6 Å². The van der Waals surface area contributed by atoms with Crippen molar-refractivity contribution in [2.75, 3.05) is 67.5 Å². The van der Waals surface area contributed by atoms with Gasteiger partial charge in [0.2, 0.25) is 17.7 Å². The number of fused-ring (bicyclic) bond motifs is 1. The van der Waals surface area contributed by atoms with E-state index in [-0.39, 0.29) is 35.8 Å². The summed E-state index contributed by atoms with van der Waals surface area (Å²) in [5, 5.41) is 14.8. The number of unbranched alkanes of at least 4 members (excludes halogenated alkanes) is 1. The highest BCUT2D eigenvalue weighted by Gasteiger charge is 2.44. The monoisotopic (exact) mass is 752 g/mol. The second-order valence-corrected chi connectivity index (χ2v) is 14.4. The molecule has 1 aromatic heterocycles. The Morgan fingerprint density at radius 2 is 1.63 bits per heavy atom. The molecule has 0 bridgehead atoms. The molecule has 2 N–H and O–H groups in total. The number of carbonyl (C=O) groups is 5. The minimum Gasteiger partial charge on any atom is -0.494 e. The van der Waals surface area contributed by atoms with Crippen molar-refractivity contribution in [3.63, 3.8) is 0 Å². The molecule has 5 heterocycles. The molecule has 0 radical (unpaired) electrons. The molecular formula is C39H41ClN8O6. The molecule has 0 spiro atoms. The fraction of sp³-hybridized carbons (Fsp3) is 0.410. The molecular weight excluding hydrogens is 712 g/mol. The Labute approximate surface area is 318 Å². The number of halogens is 1. The van der Waals surface area contributed by atoms with Crippen molar-refractivity contribution >= 4 is 58.3 Å². The second-order valence-electron chi connectivity index (χ2n) is 14.0. The number of carbonyl (C=O) groups excluding carboxylic acids is 5. The van der Waals surface area contributed by atoms with Crippen LogP contribution in [0.15, 0.2) is 54.7 Å². The van der Waals surface area contributed by atoms with E-state index in [1.165, 1.54) is 0 Å². The minimum absolute atomic E-state index is 0.0241. The van der Waals surface area contributed by atoms with Gasteiger partial charge >= 0.3 is 0 Å². The lowest BCUT2D eigenvalue weighted by Crippen LogP contribution is -2.54. The Balaban J connectivity index is 0.793. The molecule has 14 nitrogen and oxygen atoms in total. The molecule has 1 unspecified atom stereocenters. The van der Waals surface area contributed by atoms with Gasteiger partial charge in [-0.05, 0) is 87.2 Å². The van der Waals surface area contributed by atoms with Crippen molar-refractivity contribution in [2.24, 2.45) is 5.92 Å². The molecule has 0 saturated carbocycles. The van der Waals surface area contributed by atoms with Crippen LogP contribution in [0.25, 0.3) is 0 Å². The Kier molecular flexibility index (Phi) is 11.1. The number of nitrogens with zero attached hydrogens (tertiary/aromatic N) is 6. The largest absolute Gasteiger partial charge is 0.494 e. The zero-order chi connectivity index (χ0) is 37.8. The van der Waals surface area contributed by atoms with Crippen LogP contribution in [0.5, 0.6) is 5.75 Å². The summed E-state index contributed by atoms with van der Waals surface area (Å²) in [6.07, 6.45) is 5.18. The van der Waals surface area contributed by atoms with Gasteiger partial charge in [0.15, 0.2) is 0 Å². The lowest BCUT2D eigenvalue weighted by molar-refractivity contribution is -0.136. The highest BCUT2D eigenvalue weighted by Crippen LogP contribution is 2.31. The first kappa shape index (κ1) is 36.8.